The molecule has 0 aliphatic carbocycles. The van der Waals surface area contributed by atoms with Crippen molar-refractivity contribution < 1.29 is 13.9 Å². The highest BCUT2D eigenvalue weighted by molar-refractivity contribution is 5.87. The van der Waals surface area contributed by atoms with Crippen LogP contribution in [0.25, 0.3) is 45.2 Å². The number of anilines is 1. The highest BCUT2D eigenvalue weighted by Crippen LogP contribution is 2.40. The normalized spacial score (nSPS) is 10.8. The van der Waals surface area contributed by atoms with E-state index in [2.05, 4.69) is 31.3 Å². The highest BCUT2D eigenvalue weighted by Gasteiger charge is 2.21. The number of nitrogens with zero attached hydrogens (tertiary/aromatic N) is 1. The molecule has 1 aromatic heterocycles. The molecule has 0 aliphatic rings. The number of aryl methyl sites for hydroxylation is 1. The zero-order valence-electron chi connectivity index (χ0n) is 22.3. The van der Waals surface area contributed by atoms with Gasteiger partial charge in [0.25, 0.3) is 0 Å². The summed E-state index contributed by atoms with van der Waals surface area (Å²) in [5.74, 6) is 1.04. The van der Waals surface area contributed by atoms with Crippen LogP contribution in [0.1, 0.15) is 25.3 Å². The Hall–Kier alpha value is -4.64. The van der Waals surface area contributed by atoms with E-state index in [0.29, 0.717) is 12.5 Å². The molecule has 1 heterocycles. The molecule has 196 valence electrons. The van der Waals surface area contributed by atoms with Crippen molar-refractivity contribution in [3.63, 3.8) is 0 Å². The Morgan fingerprint density at radius 2 is 1.54 bits per heavy atom. The molecule has 39 heavy (non-hydrogen) atoms. The predicted molar refractivity (Wildman–Crippen MR) is 157 cm³/mol. The van der Waals surface area contributed by atoms with Gasteiger partial charge in [0.15, 0.2) is 5.76 Å². The van der Waals surface area contributed by atoms with Gasteiger partial charge in [0.1, 0.15) is 12.2 Å². The molecule has 0 fully saturated rings. The topological polar surface area (TPSA) is 64.4 Å². The van der Waals surface area contributed by atoms with Crippen molar-refractivity contribution in [3.05, 3.63) is 109 Å². The third-order valence-electron chi connectivity index (χ3n) is 6.56. The van der Waals surface area contributed by atoms with E-state index in [1.54, 1.807) is 0 Å². The molecule has 5 rings (SSSR count). The van der Waals surface area contributed by atoms with Crippen molar-refractivity contribution in [1.82, 2.24) is 4.98 Å². The van der Waals surface area contributed by atoms with Crippen LogP contribution in [0.4, 0.5) is 5.69 Å². The molecule has 5 heteroatoms. The third-order valence-corrected chi connectivity index (χ3v) is 6.56. The molecule has 1 N–H and O–H groups in total. The maximum absolute atomic E-state index is 12.1. The molecule has 0 bridgehead atoms. The van der Waals surface area contributed by atoms with E-state index in [0.717, 1.165) is 63.4 Å². The van der Waals surface area contributed by atoms with E-state index in [4.69, 9.17) is 14.1 Å². The number of carbonyl (C=O) groups excluding carboxylic acids is 1. The Balaban J connectivity index is 1.52. The zero-order valence-corrected chi connectivity index (χ0v) is 22.3. The first-order valence-corrected chi connectivity index (χ1v) is 13.4. The molecule has 5 nitrogen and oxygen atoms in total. The molecule has 0 unspecified atom stereocenters. The van der Waals surface area contributed by atoms with Gasteiger partial charge in [-0.1, -0.05) is 98.3 Å². The molecule has 0 amide bonds. The number of carbonyl (C=O) groups is 1. The summed E-state index contributed by atoms with van der Waals surface area (Å²) in [6.45, 7) is 4.73. The minimum Gasteiger partial charge on any atom is -0.464 e. The molecular formula is C34H32N2O3. The lowest BCUT2D eigenvalue weighted by Crippen LogP contribution is -2.17. The summed E-state index contributed by atoms with van der Waals surface area (Å²) in [5.41, 5.74) is 7.67. The van der Waals surface area contributed by atoms with Gasteiger partial charge in [-0.15, -0.1) is 0 Å². The fraction of sp³-hybridized carbons (Fsp3) is 0.176. The van der Waals surface area contributed by atoms with E-state index in [1.807, 2.05) is 91.0 Å². The molecule has 0 atom stereocenters. The van der Waals surface area contributed by atoms with Crippen molar-refractivity contribution in [2.45, 2.75) is 26.7 Å². The first-order valence-electron chi connectivity index (χ1n) is 13.4. The number of aromatic nitrogens is 1. The highest BCUT2D eigenvalue weighted by atomic mass is 16.5. The minimum atomic E-state index is -0.257. The molecule has 0 aliphatic heterocycles. The molecule has 0 saturated carbocycles. The Morgan fingerprint density at radius 3 is 2.28 bits per heavy atom. The number of esters is 1. The van der Waals surface area contributed by atoms with Crippen molar-refractivity contribution in [2.75, 3.05) is 18.5 Å². The second kappa shape index (κ2) is 12.3. The van der Waals surface area contributed by atoms with Gasteiger partial charge in [-0.3, -0.25) is 4.79 Å². The van der Waals surface area contributed by atoms with Gasteiger partial charge in [0, 0.05) is 22.4 Å². The smallest absolute Gasteiger partial charge is 0.325 e. The first-order chi connectivity index (χ1) is 19.1. The van der Waals surface area contributed by atoms with E-state index in [9.17, 15) is 4.79 Å². The van der Waals surface area contributed by atoms with E-state index in [-0.39, 0.29) is 12.5 Å². The summed E-state index contributed by atoms with van der Waals surface area (Å²) in [4.78, 5) is 17.1. The quantitative estimate of drug-likeness (QED) is 0.149. The second-order valence-electron chi connectivity index (χ2n) is 9.43. The standard InChI is InChI=1S/C34H32N2O3/c1-3-4-21-38-30(37)23-35-28-19-12-18-27(22-28)31-24(2)13-11-20-29(31)34-36-32(25-14-7-5-8-15-25)33(39-34)26-16-9-6-10-17-26/h5-20,22,35H,3-4,21,23H2,1-2H3. The maximum Gasteiger partial charge on any atom is 0.325 e. The van der Waals surface area contributed by atoms with Gasteiger partial charge in [-0.05, 0) is 48.2 Å². The second-order valence-corrected chi connectivity index (χ2v) is 9.43. The lowest BCUT2D eigenvalue weighted by molar-refractivity contribution is -0.141. The van der Waals surface area contributed by atoms with E-state index < -0.39 is 0 Å². The minimum absolute atomic E-state index is 0.119. The number of rotatable bonds is 10. The maximum atomic E-state index is 12.1. The Morgan fingerprint density at radius 1 is 0.846 bits per heavy atom. The number of hydrogen-bond donors (Lipinski definition) is 1. The van der Waals surface area contributed by atoms with Gasteiger partial charge in [0.05, 0.1) is 6.61 Å². The average Bonchev–Trinajstić information content (AvgIpc) is 3.43. The summed E-state index contributed by atoms with van der Waals surface area (Å²) >= 11 is 0. The fourth-order valence-corrected chi connectivity index (χ4v) is 4.58. The summed E-state index contributed by atoms with van der Waals surface area (Å²) in [7, 11) is 0. The van der Waals surface area contributed by atoms with Gasteiger partial charge < -0.3 is 14.5 Å². The number of benzene rings is 4. The Bertz CT molecular complexity index is 1480. The van der Waals surface area contributed by atoms with Crippen LogP contribution in [-0.2, 0) is 9.53 Å². The Kier molecular flexibility index (Phi) is 8.18. The summed E-state index contributed by atoms with van der Waals surface area (Å²) in [6, 6.07) is 34.4. The zero-order chi connectivity index (χ0) is 27.0. The van der Waals surface area contributed by atoms with Crippen molar-refractivity contribution in [2.24, 2.45) is 0 Å². The van der Waals surface area contributed by atoms with Crippen LogP contribution in [0.2, 0.25) is 0 Å². The molecule has 0 radical (unpaired) electrons. The van der Waals surface area contributed by atoms with Crippen LogP contribution in [0, 0.1) is 6.92 Å². The number of hydrogen-bond acceptors (Lipinski definition) is 5. The van der Waals surface area contributed by atoms with Crippen LogP contribution in [0.15, 0.2) is 108 Å². The van der Waals surface area contributed by atoms with E-state index >= 15 is 0 Å². The largest absolute Gasteiger partial charge is 0.464 e. The van der Waals surface area contributed by atoms with E-state index in [1.165, 1.54) is 0 Å². The number of unbranched alkanes of at least 4 members (excludes halogenated alkanes) is 1. The third kappa shape index (κ3) is 6.10. The summed E-state index contributed by atoms with van der Waals surface area (Å²) in [5, 5.41) is 3.20. The summed E-state index contributed by atoms with van der Waals surface area (Å²) in [6.07, 6.45) is 1.86. The van der Waals surface area contributed by atoms with Crippen molar-refractivity contribution >= 4 is 11.7 Å². The van der Waals surface area contributed by atoms with Crippen molar-refractivity contribution in [3.8, 4) is 45.2 Å². The molecule has 4 aromatic carbocycles. The van der Waals surface area contributed by atoms with Gasteiger partial charge in [0.2, 0.25) is 5.89 Å². The van der Waals surface area contributed by atoms with Crippen molar-refractivity contribution in [1.29, 1.82) is 0 Å². The van der Waals surface area contributed by atoms with Gasteiger partial charge in [-0.25, -0.2) is 4.98 Å². The number of nitrogens with one attached hydrogen (secondary N) is 1. The lowest BCUT2D eigenvalue weighted by atomic mass is 9.94. The molecule has 0 saturated heterocycles. The summed E-state index contributed by atoms with van der Waals surface area (Å²) < 4.78 is 11.8. The van der Waals surface area contributed by atoms with Gasteiger partial charge in [-0.2, -0.15) is 0 Å². The van der Waals surface area contributed by atoms with Crippen LogP contribution in [0.3, 0.4) is 0 Å². The molecular weight excluding hydrogens is 484 g/mol. The fourth-order valence-electron chi connectivity index (χ4n) is 4.58. The lowest BCUT2D eigenvalue weighted by Gasteiger charge is -2.13. The number of ether oxygens (including phenoxy) is 1. The van der Waals surface area contributed by atoms with Gasteiger partial charge >= 0.3 is 5.97 Å². The van der Waals surface area contributed by atoms with Crippen LogP contribution < -0.4 is 5.32 Å². The first kappa shape index (κ1) is 26.0. The number of oxazole rings is 1. The van der Waals surface area contributed by atoms with Crippen LogP contribution in [0.5, 0.6) is 0 Å². The molecule has 5 aromatic rings. The monoisotopic (exact) mass is 516 g/mol. The van der Waals surface area contributed by atoms with Crippen LogP contribution in [-0.4, -0.2) is 24.1 Å². The SMILES string of the molecule is CCCCOC(=O)CNc1cccc(-c2c(C)cccc2-c2nc(-c3ccccc3)c(-c3ccccc3)o2)c1. The average molecular weight is 517 g/mol. The Labute approximate surface area is 229 Å². The van der Waals surface area contributed by atoms with Crippen LogP contribution >= 0.6 is 0 Å². The predicted octanol–water partition coefficient (Wildman–Crippen LogP) is 8.41. The molecule has 0 spiro atoms.